The first-order valence-electron chi connectivity index (χ1n) is 5.34. The highest BCUT2D eigenvalue weighted by Crippen LogP contribution is 2.22. The molecule has 2 aromatic carbocycles. The van der Waals surface area contributed by atoms with Gasteiger partial charge in [-0.25, -0.2) is 5.43 Å². The fraction of sp³-hybridized carbons (Fsp3) is 0.0769. The number of benzene rings is 2. The molecule has 2 rings (SSSR count). The van der Waals surface area contributed by atoms with E-state index >= 15 is 0 Å². The summed E-state index contributed by atoms with van der Waals surface area (Å²) in [5.74, 6) is 6.82. The van der Waals surface area contributed by atoms with Crippen LogP contribution < -0.4 is 21.7 Å². The van der Waals surface area contributed by atoms with Gasteiger partial charge < -0.3 is 15.9 Å². The van der Waals surface area contributed by atoms with Crippen molar-refractivity contribution in [1.29, 1.82) is 0 Å². The number of para-hydroxylation sites is 1. The van der Waals surface area contributed by atoms with E-state index in [1.54, 1.807) is 0 Å². The van der Waals surface area contributed by atoms with E-state index in [1.165, 1.54) is 0 Å². The van der Waals surface area contributed by atoms with Gasteiger partial charge >= 0.3 is 0 Å². The first-order valence-corrected chi connectivity index (χ1v) is 5.34. The normalized spacial score (nSPS) is 11.4. The average Bonchev–Trinajstić information content (AvgIpc) is 2.39. The van der Waals surface area contributed by atoms with Gasteiger partial charge in [0.2, 0.25) is 0 Å². The summed E-state index contributed by atoms with van der Waals surface area (Å²) in [7, 11) is 0. The molecular formula is C13H17N3O2. The molecule has 1 unspecified atom stereocenters. The van der Waals surface area contributed by atoms with E-state index in [0.717, 1.165) is 17.1 Å². The summed E-state index contributed by atoms with van der Waals surface area (Å²) < 4.78 is 5.69. The van der Waals surface area contributed by atoms with E-state index in [2.05, 4.69) is 5.43 Å². The maximum absolute atomic E-state index is 5.76. The Morgan fingerprint density at radius 1 is 0.944 bits per heavy atom. The summed E-state index contributed by atoms with van der Waals surface area (Å²) in [6.07, 6.45) is -0.394. The van der Waals surface area contributed by atoms with Crippen LogP contribution in [0.15, 0.2) is 54.6 Å². The van der Waals surface area contributed by atoms with Crippen LogP contribution in [-0.2, 0) is 0 Å². The second-order valence-electron chi connectivity index (χ2n) is 3.63. The van der Waals surface area contributed by atoms with Gasteiger partial charge in [-0.2, -0.15) is 0 Å². The van der Waals surface area contributed by atoms with Crippen molar-refractivity contribution in [1.82, 2.24) is 5.43 Å². The van der Waals surface area contributed by atoms with Crippen molar-refractivity contribution in [2.24, 2.45) is 11.6 Å². The summed E-state index contributed by atoms with van der Waals surface area (Å²) in [6, 6.07) is 17.1. The van der Waals surface area contributed by atoms with Crippen LogP contribution in [0.4, 0.5) is 0 Å². The molecule has 5 heteroatoms. The van der Waals surface area contributed by atoms with Gasteiger partial charge in [-0.15, -0.1) is 0 Å². The molecule has 7 N–H and O–H groups in total. The largest absolute Gasteiger partial charge is 0.457 e. The highest BCUT2D eigenvalue weighted by Gasteiger charge is 2.04. The lowest BCUT2D eigenvalue weighted by atomic mass is 10.2. The van der Waals surface area contributed by atoms with Gasteiger partial charge in [0.05, 0.1) is 6.17 Å². The number of nitrogens with one attached hydrogen (secondary N) is 1. The molecule has 18 heavy (non-hydrogen) atoms. The Kier molecular flexibility index (Phi) is 5.29. The Morgan fingerprint density at radius 3 is 2.28 bits per heavy atom. The lowest BCUT2D eigenvalue weighted by Gasteiger charge is -2.12. The van der Waals surface area contributed by atoms with Crippen molar-refractivity contribution in [3.63, 3.8) is 0 Å². The lowest BCUT2D eigenvalue weighted by Crippen LogP contribution is -2.34. The highest BCUT2D eigenvalue weighted by molar-refractivity contribution is 5.34. The zero-order valence-electron chi connectivity index (χ0n) is 9.84. The quantitative estimate of drug-likeness (QED) is 0.427. The van der Waals surface area contributed by atoms with Crippen molar-refractivity contribution in [3.8, 4) is 11.5 Å². The summed E-state index contributed by atoms with van der Waals surface area (Å²) in [6.45, 7) is 0. The van der Waals surface area contributed by atoms with Crippen LogP contribution in [0.3, 0.4) is 0 Å². The fourth-order valence-corrected chi connectivity index (χ4v) is 1.49. The van der Waals surface area contributed by atoms with Crippen molar-refractivity contribution in [2.75, 3.05) is 0 Å². The van der Waals surface area contributed by atoms with E-state index in [4.69, 9.17) is 16.3 Å². The molecule has 0 saturated heterocycles. The molecule has 0 radical (unpaired) electrons. The third kappa shape index (κ3) is 3.54. The molecule has 96 valence electrons. The molecule has 5 nitrogen and oxygen atoms in total. The SMILES string of the molecule is NNC(N)c1cccc(Oc2ccccc2)c1.O. The maximum Gasteiger partial charge on any atom is 0.127 e. The second kappa shape index (κ2) is 6.73. The minimum absolute atomic E-state index is 0. The minimum Gasteiger partial charge on any atom is -0.457 e. The summed E-state index contributed by atoms with van der Waals surface area (Å²) in [5, 5.41) is 0. The highest BCUT2D eigenvalue weighted by atomic mass is 16.5. The van der Waals surface area contributed by atoms with Crippen LogP contribution in [0.1, 0.15) is 11.7 Å². The Morgan fingerprint density at radius 2 is 1.61 bits per heavy atom. The molecule has 0 aliphatic carbocycles. The third-order valence-corrected chi connectivity index (χ3v) is 2.38. The van der Waals surface area contributed by atoms with Gasteiger partial charge in [0, 0.05) is 0 Å². The topological polar surface area (TPSA) is 105 Å². The van der Waals surface area contributed by atoms with Crippen LogP contribution in [-0.4, -0.2) is 5.48 Å². The van der Waals surface area contributed by atoms with E-state index in [1.807, 2.05) is 54.6 Å². The van der Waals surface area contributed by atoms with Crippen LogP contribution >= 0.6 is 0 Å². The number of nitrogens with two attached hydrogens (primary N) is 2. The van der Waals surface area contributed by atoms with Gasteiger partial charge in [0.1, 0.15) is 11.5 Å². The number of hydrogen-bond donors (Lipinski definition) is 3. The molecule has 0 bridgehead atoms. The molecule has 0 spiro atoms. The van der Waals surface area contributed by atoms with Crippen molar-refractivity contribution in [3.05, 3.63) is 60.2 Å². The van der Waals surface area contributed by atoms with Crippen LogP contribution in [0.5, 0.6) is 11.5 Å². The predicted octanol–water partition coefficient (Wildman–Crippen LogP) is 1.07. The fourth-order valence-electron chi connectivity index (χ4n) is 1.49. The molecule has 0 aromatic heterocycles. The van der Waals surface area contributed by atoms with Gasteiger partial charge in [-0.05, 0) is 29.8 Å². The van der Waals surface area contributed by atoms with E-state index in [-0.39, 0.29) is 5.48 Å². The molecule has 0 fully saturated rings. The first-order chi connectivity index (χ1) is 8.29. The van der Waals surface area contributed by atoms with E-state index < -0.39 is 6.17 Å². The predicted molar refractivity (Wildman–Crippen MR) is 70.8 cm³/mol. The van der Waals surface area contributed by atoms with Crippen molar-refractivity contribution >= 4 is 0 Å². The van der Waals surface area contributed by atoms with Crippen LogP contribution in [0.2, 0.25) is 0 Å². The number of rotatable bonds is 4. The number of ether oxygens (including phenoxy) is 1. The monoisotopic (exact) mass is 247 g/mol. The number of hydrogen-bond acceptors (Lipinski definition) is 4. The van der Waals surface area contributed by atoms with Crippen LogP contribution in [0.25, 0.3) is 0 Å². The Bertz CT molecular complexity index is 477. The minimum atomic E-state index is -0.394. The van der Waals surface area contributed by atoms with Crippen molar-refractivity contribution < 1.29 is 10.2 Å². The Labute approximate surface area is 106 Å². The zero-order valence-corrected chi connectivity index (χ0v) is 9.84. The van der Waals surface area contributed by atoms with E-state index in [9.17, 15) is 0 Å². The maximum atomic E-state index is 5.76. The average molecular weight is 247 g/mol. The Hall–Kier alpha value is -1.92. The third-order valence-electron chi connectivity index (χ3n) is 2.38. The van der Waals surface area contributed by atoms with Gasteiger partial charge in [0.25, 0.3) is 0 Å². The summed E-state index contributed by atoms with van der Waals surface area (Å²) >= 11 is 0. The van der Waals surface area contributed by atoms with Crippen molar-refractivity contribution in [2.45, 2.75) is 6.17 Å². The van der Waals surface area contributed by atoms with Gasteiger partial charge in [-0.3, -0.25) is 5.84 Å². The van der Waals surface area contributed by atoms with E-state index in [0.29, 0.717) is 0 Å². The van der Waals surface area contributed by atoms with Crippen LogP contribution in [0, 0.1) is 0 Å². The van der Waals surface area contributed by atoms with Gasteiger partial charge in [0.15, 0.2) is 0 Å². The molecule has 1 atom stereocenters. The smallest absolute Gasteiger partial charge is 0.127 e. The second-order valence-corrected chi connectivity index (χ2v) is 3.63. The molecule has 2 aromatic rings. The lowest BCUT2D eigenvalue weighted by molar-refractivity contribution is 0.479. The zero-order chi connectivity index (χ0) is 12.1. The number of hydrazine groups is 1. The molecule has 0 aliphatic heterocycles. The molecule has 0 aliphatic rings. The first kappa shape index (κ1) is 14.1. The molecule has 0 heterocycles. The summed E-state index contributed by atoms with van der Waals surface area (Å²) in [4.78, 5) is 0. The molecule has 0 amide bonds. The Balaban J connectivity index is 0.00000162. The molecular weight excluding hydrogens is 230 g/mol. The standard InChI is InChI=1S/C13H15N3O.H2O/c14-13(16-15)10-5-4-8-12(9-10)17-11-6-2-1-3-7-11;/h1-9,13,16H,14-15H2;1H2. The molecule has 0 saturated carbocycles. The summed E-state index contributed by atoms with van der Waals surface area (Å²) in [5.41, 5.74) is 9.14. The van der Waals surface area contributed by atoms with Gasteiger partial charge in [-0.1, -0.05) is 30.3 Å².